The summed E-state index contributed by atoms with van der Waals surface area (Å²) >= 11 is 0. The normalized spacial score (nSPS) is 38.8. The number of hydrogen-bond donors (Lipinski definition) is 2. The number of carbonyl (C=O) groups is 1. The van der Waals surface area contributed by atoms with Crippen molar-refractivity contribution in [3.8, 4) is 0 Å². The number of carboxylic acids is 1. The van der Waals surface area contributed by atoms with Gasteiger partial charge in [0.2, 0.25) is 0 Å². The first-order valence-corrected chi connectivity index (χ1v) is 3.13. The van der Waals surface area contributed by atoms with Gasteiger partial charge in [-0.25, -0.2) is 0 Å². The maximum Gasteiger partial charge on any atom is 0.323 e. The van der Waals surface area contributed by atoms with Crippen LogP contribution in [0.25, 0.3) is 0 Å². The van der Waals surface area contributed by atoms with Crippen LogP contribution in [0, 0.1) is 0 Å². The molecule has 0 spiro atoms. The third-order valence-corrected chi connectivity index (χ3v) is 1.94. The fourth-order valence-corrected chi connectivity index (χ4v) is 1.09. The molecule has 0 heterocycles. The topological polar surface area (TPSA) is 72.5 Å². The molecule has 1 saturated carbocycles. The van der Waals surface area contributed by atoms with Gasteiger partial charge in [0.15, 0.2) is 0 Å². The maximum absolute atomic E-state index is 10.4. The first kappa shape index (κ1) is 7.50. The Balaban J connectivity index is 2.42. The van der Waals surface area contributed by atoms with Crippen molar-refractivity contribution >= 4 is 5.97 Å². The molecule has 10 heavy (non-hydrogen) atoms. The molecule has 0 unspecified atom stereocenters. The van der Waals surface area contributed by atoms with Crippen LogP contribution in [0.2, 0.25) is 0 Å². The Morgan fingerprint density at radius 3 is 2.60 bits per heavy atom. The summed E-state index contributed by atoms with van der Waals surface area (Å²) in [6.07, 6.45) is 0.901. The second-order valence-corrected chi connectivity index (χ2v) is 2.73. The van der Waals surface area contributed by atoms with E-state index < -0.39 is 11.5 Å². The third-order valence-electron chi connectivity index (χ3n) is 1.94. The van der Waals surface area contributed by atoms with E-state index in [-0.39, 0.29) is 6.10 Å². The maximum atomic E-state index is 10.4. The number of hydrogen-bond acceptors (Lipinski definition) is 3. The summed E-state index contributed by atoms with van der Waals surface area (Å²) in [4.78, 5) is 10.4. The molecular weight excluding hydrogens is 134 g/mol. The number of methoxy groups -OCH3 is 1. The lowest BCUT2D eigenvalue weighted by Crippen LogP contribution is -2.60. The van der Waals surface area contributed by atoms with Crippen molar-refractivity contribution in [2.45, 2.75) is 24.5 Å². The minimum atomic E-state index is -1.01. The third kappa shape index (κ3) is 0.998. The Kier molecular flexibility index (Phi) is 1.66. The van der Waals surface area contributed by atoms with E-state index in [9.17, 15) is 4.79 Å². The second kappa shape index (κ2) is 2.21. The molecule has 1 aliphatic rings. The minimum Gasteiger partial charge on any atom is -0.480 e. The smallest absolute Gasteiger partial charge is 0.323 e. The summed E-state index contributed by atoms with van der Waals surface area (Å²) in [7, 11) is 1.56. The van der Waals surface area contributed by atoms with Crippen molar-refractivity contribution in [1.29, 1.82) is 0 Å². The van der Waals surface area contributed by atoms with Crippen molar-refractivity contribution in [1.82, 2.24) is 0 Å². The molecule has 58 valence electrons. The Labute approximate surface area is 59.0 Å². The van der Waals surface area contributed by atoms with E-state index in [0.29, 0.717) is 12.8 Å². The summed E-state index contributed by atoms with van der Waals surface area (Å²) in [6.45, 7) is 0. The minimum absolute atomic E-state index is 0.0427. The van der Waals surface area contributed by atoms with E-state index in [1.165, 1.54) is 0 Å². The molecule has 4 nitrogen and oxygen atoms in total. The summed E-state index contributed by atoms with van der Waals surface area (Å²) in [6, 6.07) is 0. The first-order valence-electron chi connectivity index (χ1n) is 3.13. The van der Waals surface area contributed by atoms with E-state index in [1.54, 1.807) is 7.11 Å². The second-order valence-electron chi connectivity index (χ2n) is 2.73. The van der Waals surface area contributed by atoms with Crippen molar-refractivity contribution in [3.63, 3.8) is 0 Å². The summed E-state index contributed by atoms with van der Waals surface area (Å²) in [5, 5.41) is 8.53. The highest BCUT2D eigenvalue weighted by atomic mass is 16.5. The van der Waals surface area contributed by atoms with Crippen LogP contribution in [0.3, 0.4) is 0 Å². The van der Waals surface area contributed by atoms with Gasteiger partial charge in [-0.05, 0) is 0 Å². The van der Waals surface area contributed by atoms with Gasteiger partial charge in [0.25, 0.3) is 0 Å². The average Bonchev–Trinajstić information content (AvgIpc) is 1.80. The van der Waals surface area contributed by atoms with Crippen molar-refractivity contribution < 1.29 is 14.6 Å². The first-order chi connectivity index (χ1) is 4.58. The molecule has 0 radical (unpaired) electrons. The zero-order valence-electron chi connectivity index (χ0n) is 5.83. The zero-order valence-corrected chi connectivity index (χ0v) is 5.83. The predicted octanol–water partition coefficient (Wildman–Crippen LogP) is -0.423. The molecule has 0 aromatic heterocycles. The summed E-state index contributed by atoms with van der Waals surface area (Å²) in [5.41, 5.74) is 4.42. The molecule has 3 N–H and O–H groups in total. The van der Waals surface area contributed by atoms with E-state index in [0.717, 1.165) is 0 Å². The van der Waals surface area contributed by atoms with E-state index in [4.69, 9.17) is 15.6 Å². The molecule has 4 heteroatoms. The summed E-state index contributed by atoms with van der Waals surface area (Å²) in [5.74, 6) is -0.930. The lowest BCUT2D eigenvalue weighted by atomic mass is 9.75. The van der Waals surface area contributed by atoms with Gasteiger partial charge >= 0.3 is 5.97 Å². The molecule has 0 aromatic carbocycles. The van der Waals surface area contributed by atoms with Gasteiger partial charge in [-0.2, -0.15) is 0 Å². The van der Waals surface area contributed by atoms with Crippen molar-refractivity contribution in [2.75, 3.05) is 7.11 Å². The van der Waals surface area contributed by atoms with Crippen LogP contribution >= 0.6 is 0 Å². The average molecular weight is 145 g/mol. The number of aliphatic carboxylic acids is 1. The SMILES string of the molecule is COC1CC(N)(C(=O)O)C1. The predicted molar refractivity (Wildman–Crippen MR) is 34.6 cm³/mol. The van der Waals surface area contributed by atoms with Crippen LogP contribution in [0.15, 0.2) is 0 Å². The quantitative estimate of drug-likeness (QED) is 0.553. The Morgan fingerprint density at radius 2 is 2.30 bits per heavy atom. The van der Waals surface area contributed by atoms with Crippen molar-refractivity contribution in [3.05, 3.63) is 0 Å². The Morgan fingerprint density at radius 1 is 1.80 bits per heavy atom. The highest BCUT2D eigenvalue weighted by molar-refractivity contribution is 5.80. The van der Waals surface area contributed by atoms with Gasteiger partial charge in [-0.1, -0.05) is 0 Å². The molecule has 1 rings (SSSR count). The van der Waals surface area contributed by atoms with Crippen LogP contribution in [0.5, 0.6) is 0 Å². The molecular formula is C6H11NO3. The van der Waals surface area contributed by atoms with Gasteiger partial charge in [0, 0.05) is 20.0 Å². The van der Waals surface area contributed by atoms with Gasteiger partial charge in [0.1, 0.15) is 5.54 Å². The number of ether oxygens (including phenoxy) is 1. The number of nitrogens with two attached hydrogens (primary N) is 1. The standard InChI is InChI=1S/C6H11NO3/c1-10-4-2-6(7,3-4)5(8)9/h4H,2-3,7H2,1H3,(H,8,9). The van der Waals surface area contributed by atoms with Crippen LogP contribution in [0.1, 0.15) is 12.8 Å². The number of carboxylic acid groups (broad SMARTS) is 1. The van der Waals surface area contributed by atoms with Crippen LogP contribution in [-0.2, 0) is 9.53 Å². The molecule has 0 amide bonds. The van der Waals surface area contributed by atoms with E-state index >= 15 is 0 Å². The van der Waals surface area contributed by atoms with Gasteiger partial charge < -0.3 is 15.6 Å². The Hall–Kier alpha value is -0.610. The van der Waals surface area contributed by atoms with Gasteiger partial charge in [-0.15, -0.1) is 0 Å². The van der Waals surface area contributed by atoms with Crippen LogP contribution in [0.4, 0.5) is 0 Å². The largest absolute Gasteiger partial charge is 0.480 e. The molecule has 0 aliphatic heterocycles. The van der Waals surface area contributed by atoms with Gasteiger partial charge in [-0.3, -0.25) is 4.79 Å². The monoisotopic (exact) mass is 145 g/mol. The lowest BCUT2D eigenvalue weighted by molar-refractivity contribution is -0.152. The molecule has 1 aliphatic carbocycles. The highest BCUT2D eigenvalue weighted by Crippen LogP contribution is 2.31. The molecule has 0 bridgehead atoms. The zero-order chi connectivity index (χ0) is 7.78. The van der Waals surface area contributed by atoms with Crippen molar-refractivity contribution in [2.24, 2.45) is 5.73 Å². The number of rotatable bonds is 2. The highest BCUT2D eigenvalue weighted by Gasteiger charge is 2.47. The van der Waals surface area contributed by atoms with E-state index in [2.05, 4.69) is 0 Å². The van der Waals surface area contributed by atoms with E-state index in [1.807, 2.05) is 0 Å². The van der Waals surface area contributed by atoms with Crippen LogP contribution < -0.4 is 5.73 Å². The fraction of sp³-hybridized carbons (Fsp3) is 0.833. The molecule has 0 aromatic rings. The Bertz CT molecular complexity index is 151. The van der Waals surface area contributed by atoms with Gasteiger partial charge in [0.05, 0.1) is 6.10 Å². The molecule has 0 atom stereocenters. The summed E-state index contributed by atoms with van der Waals surface area (Å²) < 4.78 is 4.89. The fourth-order valence-electron chi connectivity index (χ4n) is 1.09. The molecule has 1 fully saturated rings. The van der Waals surface area contributed by atoms with Crippen LogP contribution in [-0.4, -0.2) is 29.8 Å². The lowest BCUT2D eigenvalue weighted by Gasteiger charge is -2.40. The molecule has 0 saturated heterocycles.